The lowest BCUT2D eigenvalue weighted by atomic mass is 10.2. The molecular weight excluding hydrogens is 400 g/mol. The summed E-state index contributed by atoms with van der Waals surface area (Å²) in [6.45, 7) is 5.37. The van der Waals surface area contributed by atoms with Crippen LogP contribution < -0.4 is 4.90 Å². The van der Waals surface area contributed by atoms with E-state index in [4.69, 9.17) is 16.3 Å². The first kappa shape index (κ1) is 20.6. The van der Waals surface area contributed by atoms with Gasteiger partial charge in [-0.15, -0.1) is 0 Å². The Bertz CT molecular complexity index is 940. The van der Waals surface area contributed by atoms with Gasteiger partial charge in [0.2, 0.25) is 10.0 Å². The number of sulfonamides is 1. The van der Waals surface area contributed by atoms with Gasteiger partial charge in [0.1, 0.15) is 0 Å². The van der Waals surface area contributed by atoms with Crippen LogP contribution in [0.25, 0.3) is 0 Å². The summed E-state index contributed by atoms with van der Waals surface area (Å²) in [6.07, 6.45) is -0.324. The van der Waals surface area contributed by atoms with Crippen LogP contribution in [-0.2, 0) is 14.8 Å². The van der Waals surface area contributed by atoms with Crippen LogP contribution in [0.5, 0.6) is 0 Å². The molecule has 0 aliphatic carbocycles. The number of carbonyl (C=O) groups excluding carboxylic acids is 1. The molecule has 1 saturated heterocycles. The number of carbonyl (C=O) groups is 1. The Hall–Kier alpha value is -2.09. The molecule has 28 heavy (non-hydrogen) atoms. The number of halogens is 1. The molecule has 0 bridgehead atoms. The molecule has 6 nitrogen and oxygen atoms in total. The molecule has 0 N–H and O–H groups in total. The monoisotopic (exact) mass is 422 g/mol. The first-order valence-electron chi connectivity index (χ1n) is 9.09. The second-order valence-corrected chi connectivity index (χ2v) is 9.17. The number of nitrogens with zero attached hydrogens (tertiary/aromatic N) is 2. The van der Waals surface area contributed by atoms with Gasteiger partial charge >= 0.3 is 5.97 Å². The molecule has 0 atom stereocenters. The quantitative estimate of drug-likeness (QED) is 0.691. The second kappa shape index (κ2) is 8.51. The Kier molecular flexibility index (Phi) is 6.27. The maximum Gasteiger partial charge on any atom is 0.339 e. The Morgan fingerprint density at radius 1 is 1.04 bits per heavy atom. The topological polar surface area (TPSA) is 66.9 Å². The highest BCUT2D eigenvalue weighted by Gasteiger charge is 2.30. The summed E-state index contributed by atoms with van der Waals surface area (Å²) in [6, 6.07) is 14.0. The third-order valence-corrected chi connectivity index (χ3v) is 6.72. The minimum Gasteiger partial charge on any atom is -0.459 e. The molecule has 0 radical (unpaired) electrons. The highest BCUT2D eigenvalue weighted by Crippen LogP contribution is 2.25. The van der Waals surface area contributed by atoms with E-state index in [9.17, 15) is 13.2 Å². The molecule has 0 unspecified atom stereocenters. The molecule has 0 spiro atoms. The fraction of sp³-hybridized carbons (Fsp3) is 0.350. The van der Waals surface area contributed by atoms with Crippen LogP contribution in [0.4, 0.5) is 5.69 Å². The number of rotatable bonds is 5. The van der Waals surface area contributed by atoms with Crippen molar-refractivity contribution in [1.29, 1.82) is 0 Å². The van der Waals surface area contributed by atoms with Gasteiger partial charge in [-0.2, -0.15) is 4.31 Å². The van der Waals surface area contributed by atoms with Crippen molar-refractivity contribution in [2.75, 3.05) is 31.1 Å². The zero-order valence-electron chi connectivity index (χ0n) is 15.8. The molecule has 1 fully saturated rings. The number of hydrogen-bond donors (Lipinski definition) is 0. The Morgan fingerprint density at radius 2 is 1.68 bits per heavy atom. The molecule has 1 heterocycles. The fourth-order valence-corrected chi connectivity index (χ4v) is 4.72. The van der Waals surface area contributed by atoms with E-state index in [1.165, 1.54) is 22.5 Å². The first-order valence-corrected chi connectivity index (χ1v) is 10.9. The summed E-state index contributed by atoms with van der Waals surface area (Å²) in [4.78, 5) is 14.4. The molecule has 0 amide bonds. The summed E-state index contributed by atoms with van der Waals surface area (Å²) in [5, 5.41) is 0.165. The smallest absolute Gasteiger partial charge is 0.339 e. The van der Waals surface area contributed by atoms with Gasteiger partial charge in [0.05, 0.1) is 21.6 Å². The van der Waals surface area contributed by atoms with E-state index < -0.39 is 16.0 Å². The largest absolute Gasteiger partial charge is 0.459 e. The van der Waals surface area contributed by atoms with E-state index in [1.54, 1.807) is 13.8 Å². The maximum absolute atomic E-state index is 13.1. The van der Waals surface area contributed by atoms with E-state index in [0.717, 1.165) is 5.69 Å². The Labute approximate surface area is 170 Å². The molecule has 1 aliphatic rings. The van der Waals surface area contributed by atoms with E-state index in [2.05, 4.69) is 4.90 Å². The Balaban J connectivity index is 1.77. The van der Waals surface area contributed by atoms with Crippen molar-refractivity contribution in [3.63, 3.8) is 0 Å². The Morgan fingerprint density at radius 3 is 2.29 bits per heavy atom. The molecule has 150 valence electrons. The van der Waals surface area contributed by atoms with Gasteiger partial charge in [-0.3, -0.25) is 0 Å². The molecule has 3 rings (SSSR count). The van der Waals surface area contributed by atoms with Crippen LogP contribution in [0, 0.1) is 0 Å². The molecule has 0 aromatic heterocycles. The minimum absolute atomic E-state index is 0.0424. The van der Waals surface area contributed by atoms with Crippen LogP contribution in [0.15, 0.2) is 53.4 Å². The van der Waals surface area contributed by atoms with Crippen molar-refractivity contribution in [2.24, 2.45) is 0 Å². The number of para-hydroxylation sites is 1. The lowest BCUT2D eigenvalue weighted by molar-refractivity contribution is 0.0378. The first-order chi connectivity index (χ1) is 13.3. The van der Waals surface area contributed by atoms with Gasteiger partial charge < -0.3 is 9.64 Å². The van der Waals surface area contributed by atoms with Gasteiger partial charge in [0.25, 0.3) is 0 Å². The van der Waals surface area contributed by atoms with Gasteiger partial charge in [-0.25, -0.2) is 13.2 Å². The van der Waals surface area contributed by atoms with Crippen molar-refractivity contribution < 1.29 is 17.9 Å². The zero-order chi connectivity index (χ0) is 20.3. The number of piperazine rings is 1. The van der Waals surface area contributed by atoms with Crippen molar-refractivity contribution in [3.05, 3.63) is 59.1 Å². The molecular formula is C20H23ClN2O4S. The standard InChI is InChI=1S/C20H23ClN2O4S/c1-15(2)27-20(24)18-14-17(8-9-19(18)21)28(25,26)23-12-10-22(11-13-23)16-6-4-3-5-7-16/h3-9,14-15H,10-13H2,1-2H3. The van der Waals surface area contributed by atoms with Crippen molar-refractivity contribution in [1.82, 2.24) is 4.31 Å². The van der Waals surface area contributed by atoms with Gasteiger partial charge in [-0.05, 0) is 44.2 Å². The number of esters is 1. The number of anilines is 1. The van der Waals surface area contributed by atoms with Crippen molar-refractivity contribution in [2.45, 2.75) is 24.8 Å². The second-order valence-electron chi connectivity index (χ2n) is 6.82. The molecule has 2 aromatic carbocycles. The third kappa shape index (κ3) is 4.48. The summed E-state index contributed by atoms with van der Waals surface area (Å²) in [5.74, 6) is -0.633. The minimum atomic E-state index is -3.73. The lowest BCUT2D eigenvalue weighted by Crippen LogP contribution is -2.48. The van der Waals surface area contributed by atoms with Crippen LogP contribution in [0.3, 0.4) is 0 Å². The van der Waals surface area contributed by atoms with Crippen LogP contribution in [0.2, 0.25) is 5.02 Å². The van der Waals surface area contributed by atoms with Crippen molar-refractivity contribution in [3.8, 4) is 0 Å². The fourth-order valence-electron chi connectivity index (χ4n) is 3.07. The average molecular weight is 423 g/mol. The molecule has 1 aliphatic heterocycles. The van der Waals surface area contributed by atoms with Gasteiger partial charge in [0.15, 0.2) is 0 Å². The van der Waals surface area contributed by atoms with E-state index in [-0.39, 0.29) is 21.6 Å². The normalized spacial score (nSPS) is 15.6. The van der Waals surface area contributed by atoms with Crippen LogP contribution >= 0.6 is 11.6 Å². The summed E-state index contributed by atoms with van der Waals surface area (Å²) in [7, 11) is -3.73. The van der Waals surface area contributed by atoms with Gasteiger partial charge in [-0.1, -0.05) is 29.8 Å². The molecule has 0 saturated carbocycles. The molecule has 8 heteroatoms. The molecule has 2 aromatic rings. The van der Waals surface area contributed by atoms with Crippen LogP contribution in [0.1, 0.15) is 24.2 Å². The highest BCUT2D eigenvalue weighted by molar-refractivity contribution is 7.89. The van der Waals surface area contributed by atoms with Gasteiger partial charge in [0, 0.05) is 31.9 Å². The lowest BCUT2D eigenvalue weighted by Gasteiger charge is -2.35. The highest BCUT2D eigenvalue weighted by atomic mass is 35.5. The van der Waals surface area contributed by atoms with E-state index in [1.807, 2.05) is 30.3 Å². The summed E-state index contributed by atoms with van der Waals surface area (Å²) in [5.41, 5.74) is 1.13. The number of benzene rings is 2. The summed E-state index contributed by atoms with van der Waals surface area (Å²) >= 11 is 6.08. The van der Waals surface area contributed by atoms with Crippen LogP contribution in [-0.4, -0.2) is 51.0 Å². The van der Waals surface area contributed by atoms with E-state index >= 15 is 0 Å². The SMILES string of the molecule is CC(C)OC(=O)c1cc(S(=O)(=O)N2CCN(c3ccccc3)CC2)ccc1Cl. The number of ether oxygens (including phenoxy) is 1. The predicted octanol–water partition coefficient (Wildman–Crippen LogP) is 3.42. The number of hydrogen-bond acceptors (Lipinski definition) is 5. The maximum atomic E-state index is 13.1. The summed E-state index contributed by atoms with van der Waals surface area (Å²) < 4.78 is 32.7. The predicted molar refractivity (Wildman–Crippen MR) is 109 cm³/mol. The average Bonchev–Trinajstić information content (AvgIpc) is 2.68. The van der Waals surface area contributed by atoms with Crippen molar-refractivity contribution >= 4 is 33.3 Å². The zero-order valence-corrected chi connectivity index (χ0v) is 17.4. The van der Waals surface area contributed by atoms with E-state index in [0.29, 0.717) is 26.2 Å². The third-order valence-electron chi connectivity index (χ3n) is 4.50.